The Kier molecular flexibility index (Phi) is 6.75. The summed E-state index contributed by atoms with van der Waals surface area (Å²) in [6, 6.07) is 0. The Morgan fingerprint density at radius 2 is 1.64 bits per heavy atom. The third-order valence-corrected chi connectivity index (χ3v) is 2.10. The van der Waals surface area contributed by atoms with Crippen LogP contribution in [0, 0.1) is 0 Å². The summed E-state index contributed by atoms with van der Waals surface area (Å²) in [6.45, 7) is 8.49. The molecule has 0 aliphatic rings. The van der Waals surface area contributed by atoms with Crippen molar-refractivity contribution in [3.63, 3.8) is 0 Å². The molecule has 84 valence electrons. The molecule has 0 aromatic carbocycles. The molecule has 0 aromatic heterocycles. The fourth-order valence-electron chi connectivity index (χ4n) is 1.32. The maximum Gasteiger partial charge on any atom is 0.225 e. The summed E-state index contributed by atoms with van der Waals surface area (Å²) >= 11 is 0. The molecule has 0 saturated heterocycles. The van der Waals surface area contributed by atoms with Crippen LogP contribution in [0.5, 0.6) is 0 Å². The van der Waals surface area contributed by atoms with Gasteiger partial charge in [0.2, 0.25) is 5.79 Å². The van der Waals surface area contributed by atoms with Crippen molar-refractivity contribution in [1.82, 2.24) is 0 Å². The van der Waals surface area contributed by atoms with Crippen LogP contribution in [0.25, 0.3) is 0 Å². The second-order valence-corrected chi connectivity index (χ2v) is 3.34. The van der Waals surface area contributed by atoms with Crippen LogP contribution in [0.3, 0.4) is 0 Å². The standard InChI is InChI=1S/C11H22O3/c1-5-8-9-10(12)11(4,13-6-2)14-7-3/h5-9H2,1-4H3. The van der Waals surface area contributed by atoms with E-state index in [1.165, 1.54) is 0 Å². The number of unbranched alkanes of at least 4 members (excludes halogenated alkanes) is 1. The molecule has 14 heavy (non-hydrogen) atoms. The van der Waals surface area contributed by atoms with Gasteiger partial charge in [-0.3, -0.25) is 4.79 Å². The Morgan fingerprint density at radius 3 is 2.00 bits per heavy atom. The molecule has 3 heteroatoms. The van der Waals surface area contributed by atoms with E-state index in [1.807, 2.05) is 13.8 Å². The Balaban J connectivity index is 4.23. The maximum atomic E-state index is 11.8. The summed E-state index contributed by atoms with van der Waals surface area (Å²) in [5.74, 6) is -0.985. The van der Waals surface area contributed by atoms with Crippen LogP contribution in [0.2, 0.25) is 0 Å². The Labute approximate surface area is 86.8 Å². The number of rotatable bonds is 8. The molecule has 0 unspecified atom stereocenters. The van der Waals surface area contributed by atoms with Gasteiger partial charge in [0.15, 0.2) is 5.78 Å². The number of ketones is 1. The average molecular weight is 202 g/mol. The fourth-order valence-corrected chi connectivity index (χ4v) is 1.32. The molecule has 0 radical (unpaired) electrons. The first-order valence-electron chi connectivity index (χ1n) is 5.41. The minimum atomic E-state index is -1.03. The highest BCUT2D eigenvalue weighted by molar-refractivity contribution is 5.85. The maximum absolute atomic E-state index is 11.8. The predicted octanol–water partition coefficient (Wildman–Crippen LogP) is 2.53. The van der Waals surface area contributed by atoms with Crippen molar-refractivity contribution in [2.75, 3.05) is 13.2 Å². The molecular weight excluding hydrogens is 180 g/mol. The Hall–Kier alpha value is -0.410. The van der Waals surface area contributed by atoms with Crippen molar-refractivity contribution in [2.24, 2.45) is 0 Å². The molecular formula is C11H22O3. The SMILES string of the molecule is CCCCC(=O)C(C)(OCC)OCC. The van der Waals surface area contributed by atoms with E-state index in [0.717, 1.165) is 12.8 Å². The van der Waals surface area contributed by atoms with Gasteiger partial charge in [-0.25, -0.2) is 0 Å². The van der Waals surface area contributed by atoms with E-state index in [4.69, 9.17) is 9.47 Å². The number of carbonyl (C=O) groups excluding carboxylic acids is 1. The summed E-state index contributed by atoms with van der Waals surface area (Å²) in [5.41, 5.74) is 0. The summed E-state index contributed by atoms with van der Waals surface area (Å²) in [4.78, 5) is 11.8. The monoisotopic (exact) mass is 202 g/mol. The lowest BCUT2D eigenvalue weighted by Gasteiger charge is -2.27. The number of carbonyl (C=O) groups is 1. The first kappa shape index (κ1) is 13.6. The van der Waals surface area contributed by atoms with Crippen LogP contribution in [-0.4, -0.2) is 24.8 Å². The first-order chi connectivity index (χ1) is 6.60. The average Bonchev–Trinajstić information content (AvgIpc) is 2.15. The minimum Gasteiger partial charge on any atom is -0.344 e. The third-order valence-electron chi connectivity index (χ3n) is 2.10. The minimum absolute atomic E-state index is 0.0445. The van der Waals surface area contributed by atoms with Gasteiger partial charge in [-0.2, -0.15) is 0 Å². The third kappa shape index (κ3) is 4.20. The van der Waals surface area contributed by atoms with Gasteiger partial charge < -0.3 is 9.47 Å². The van der Waals surface area contributed by atoms with E-state index in [-0.39, 0.29) is 5.78 Å². The summed E-state index contributed by atoms with van der Waals surface area (Å²) < 4.78 is 10.7. The van der Waals surface area contributed by atoms with E-state index in [9.17, 15) is 4.79 Å². The van der Waals surface area contributed by atoms with E-state index in [2.05, 4.69) is 6.92 Å². The number of Topliss-reactive ketones (excluding diaryl/α,β-unsaturated/α-hetero) is 1. The van der Waals surface area contributed by atoms with Crippen LogP contribution in [0.1, 0.15) is 47.0 Å². The van der Waals surface area contributed by atoms with Crippen molar-refractivity contribution in [3.8, 4) is 0 Å². The van der Waals surface area contributed by atoms with Crippen molar-refractivity contribution in [2.45, 2.75) is 52.7 Å². The van der Waals surface area contributed by atoms with Gasteiger partial charge in [-0.1, -0.05) is 13.3 Å². The molecule has 0 N–H and O–H groups in total. The van der Waals surface area contributed by atoms with Crippen LogP contribution in [0.4, 0.5) is 0 Å². The van der Waals surface area contributed by atoms with Gasteiger partial charge in [0, 0.05) is 19.6 Å². The molecule has 0 aliphatic heterocycles. The molecule has 0 spiro atoms. The van der Waals surface area contributed by atoms with Crippen molar-refractivity contribution >= 4 is 5.78 Å². The lowest BCUT2D eigenvalue weighted by molar-refractivity contribution is -0.217. The normalized spacial score (nSPS) is 11.7. The zero-order valence-electron chi connectivity index (χ0n) is 9.76. The quantitative estimate of drug-likeness (QED) is 0.567. The molecule has 0 heterocycles. The van der Waals surface area contributed by atoms with Gasteiger partial charge in [0.1, 0.15) is 0 Å². The van der Waals surface area contributed by atoms with E-state index in [0.29, 0.717) is 19.6 Å². The zero-order valence-corrected chi connectivity index (χ0v) is 9.76. The molecule has 0 bridgehead atoms. The highest BCUT2D eigenvalue weighted by Crippen LogP contribution is 2.17. The van der Waals surface area contributed by atoms with E-state index < -0.39 is 5.79 Å². The molecule has 0 saturated carbocycles. The van der Waals surface area contributed by atoms with Crippen molar-refractivity contribution in [3.05, 3.63) is 0 Å². The second kappa shape index (κ2) is 6.96. The molecule has 0 amide bonds. The van der Waals surface area contributed by atoms with E-state index in [1.54, 1.807) is 6.92 Å². The molecule has 0 aromatic rings. The summed E-state index contributed by atoms with van der Waals surface area (Å²) in [7, 11) is 0. The Morgan fingerprint density at radius 1 is 1.14 bits per heavy atom. The van der Waals surface area contributed by atoms with Crippen LogP contribution in [0.15, 0.2) is 0 Å². The molecule has 3 nitrogen and oxygen atoms in total. The van der Waals surface area contributed by atoms with Gasteiger partial charge >= 0.3 is 0 Å². The fraction of sp³-hybridized carbons (Fsp3) is 0.909. The molecule has 0 aliphatic carbocycles. The van der Waals surface area contributed by atoms with Gasteiger partial charge in [-0.15, -0.1) is 0 Å². The lowest BCUT2D eigenvalue weighted by Crippen LogP contribution is -2.41. The Bertz CT molecular complexity index is 160. The topological polar surface area (TPSA) is 35.5 Å². The van der Waals surface area contributed by atoms with Crippen LogP contribution < -0.4 is 0 Å². The van der Waals surface area contributed by atoms with Crippen LogP contribution >= 0.6 is 0 Å². The molecule has 0 fully saturated rings. The number of ether oxygens (including phenoxy) is 2. The van der Waals surface area contributed by atoms with Crippen molar-refractivity contribution in [1.29, 1.82) is 0 Å². The summed E-state index contributed by atoms with van der Waals surface area (Å²) in [5, 5.41) is 0. The first-order valence-corrected chi connectivity index (χ1v) is 5.41. The summed E-state index contributed by atoms with van der Waals surface area (Å²) in [6.07, 6.45) is 2.45. The predicted molar refractivity (Wildman–Crippen MR) is 56.2 cm³/mol. The van der Waals surface area contributed by atoms with E-state index >= 15 is 0 Å². The lowest BCUT2D eigenvalue weighted by atomic mass is 10.1. The largest absolute Gasteiger partial charge is 0.344 e. The molecule has 0 atom stereocenters. The highest BCUT2D eigenvalue weighted by Gasteiger charge is 2.33. The second-order valence-electron chi connectivity index (χ2n) is 3.34. The smallest absolute Gasteiger partial charge is 0.225 e. The van der Waals surface area contributed by atoms with Crippen molar-refractivity contribution < 1.29 is 14.3 Å². The number of hydrogen-bond donors (Lipinski definition) is 0. The number of hydrogen-bond acceptors (Lipinski definition) is 3. The van der Waals surface area contributed by atoms with Gasteiger partial charge in [-0.05, 0) is 27.2 Å². The van der Waals surface area contributed by atoms with Gasteiger partial charge in [0.25, 0.3) is 0 Å². The highest BCUT2D eigenvalue weighted by atomic mass is 16.7. The van der Waals surface area contributed by atoms with Gasteiger partial charge in [0.05, 0.1) is 0 Å². The zero-order chi connectivity index (χ0) is 11.0. The van der Waals surface area contributed by atoms with Crippen LogP contribution in [-0.2, 0) is 14.3 Å². The molecule has 0 rings (SSSR count).